The number of allylic oxidation sites excluding steroid dienone is 2. The molecule has 0 radical (unpaired) electrons. The van der Waals surface area contributed by atoms with Gasteiger partial charge in [-0.05, 0) is 55.4 Å². The van der Waals surface area contributed by atoms with Crippen molar-refractivity contribution in [1.29, 1.82) is 0 Å². The number of likely N-dealkylation sites (tertiary alicyclic amines) is 1. The smallest absolute Gasteiger partial charge is 0.387 e. The van der Waals surface area contributed by atoms with Crippen LogP contribution in [0.15, 0.2) is 30.4 Å². The summed E-state index contributed by atoms with van der Waals surface area (Å²) >= 11 is 0. The minimum absolute atomic E-state index is 0.0914. The normalized spacial score (nSPS) is 23.0. The molecule has 0 spiro atoms. The van der Waals surface area contributed by atoms with Crippen molar-refractivity contribution in [2.45, 2.75) is 26.4 Å². The summed E-state index contributed by atoms with van der Waals surface area (Å²) in [5.74, 6) is 1.19. The zero-order valence-electron chi connectivity index (χ0n) is 13.0. The van der Waals surface area contributed by atoms with Crippen LogP contribution in [0.5, 0.6) is 5.75 Å². The Kier molecular flexibility index (Phi) is 4.50. The molecule has 1 aromatic rings. The SMILES string of the molecule is Cc1cc(OC(F)F)ccc1NC(=O)N1C[C@H]2CC=CC[C@H]2C1. The van der Waals surface area contributed by atoms with Crippen molar-refractivity contribution in [2.75, 3.05) is 18.4 Å². The van der Waals surface area contributed by atoms with Gasteiger partial charge in [-0.2, -0.15) is 8.78 Å². The number of alkyl halides is 2. The molecule has 1 heterocycles. The molecule has 124 valence electrons. The van der Waals surface area contributed by atoms with Crippen LogP contribution in [0.25, 0.3) is 0 Å². The predicted molar refractivity (Wildman–Crippen MR) is 83.8 cm³/mol. The number of carbonyl (C=O) groups excluding carboxylic acids is 1. The quantitative estimate of drug-likeness (QED) is 0.854. The van der Waals surface area contributed by atoms with Gasteiger partial charge in [-0.15, -0.1) is 0 Å². The first-order valence-electron chi connectivity index (χ1n) is 7.79. The fraction of sp³-hybridized carbons (Fsp3) is 0.471. The molecule has 23 heavy (non-hydrogen) atoms. The Morgan fingerprint density at radius 2 is 1.91 bits per heavy atom. The molecule has 1 saturated heterocycles. The minimum Gasteiger partial charge on any atom is -0.435 e. The van der Waals surface area contributed by atoms with E-state index in [9.17, 15) is 13.6 Å². The molecule has 2 aliphatic rings. The van der Waals surface area contributed by atoms with E-state index in [0.717, 1.165) is 25.9 Å². The molecule has 2 amide bonds. The van der Waals surface area contributed by atoms with Crippen molar-refractivity contribution in [1.82, 2.24) is 4.90 Å². The van der Waals surface area contributed by atoms with Gasteiger partial charge in [-0.3, -0.25) is 0 Å². The van der Waals surface area contributed by atoms with Gasteiger partial charge in [-0.1, -0.05) is 12.2 Å². The van der Waals surface area contributed by atoms with Gasteiger partial charge in [0, 0.05) is 18.8 Å². The van der Waals surface area contributed by atoms with E-state index in [4.69, 9.17) is 0 Å². The molecule has 6 heteroatoms. The second-order valence-corrected chi connectivity index (χ2v) is 6.15. The third-order valence-electron chi connectivity index (χ3n) is 4.57. The Morgan fingerprint density at radius 1 is 1.26 bits per heavy atom. The first-order chi connectivity index (χ1) is 11.0. The molecule has 1 aromatic carbocycles. The van der Waals surface area contributed by atoms with Crippen molar-refractivity contribution in [2.24, 2.45) is 11.8 Å². The summed E-state index contributed by atoms with van der Waals surface area (Å²) in [5, 5.41) is 2.87. The number of ether oxygens (including phenoxy) is 1. The van der Waals surface area contributed by atoms with Crippen molar-refractivity contribution in [3.63, 3.8) is 0 Å². The van der Waals surface area contributed by atoms with Crippen molar-refractivity contribution in [3.05, 3.63) is 35.9 Å². The first kappa shape index (κ1) is 15.8. The minimum atomic E-state index is -2.85. The topological polar surface area (TPSA) is 41.6 Å². The van der Waals surface area contributed by atoms with Crippen LogP contribution in [0.4, 0.5) is 19.3 Å². The Labute approximate surface area is 134 Å². The summed E-state index contributed by atoms with van der Waals surface area (Å²) in [4.78, 5) is 14.3. The molecule has 3 rings (SSSR count). The molecule has 0 bridgehead atoms. The number of hydrogen-bond donors (Lipinski definition) is 1. The highest BCUT2D eigenvalue weighted by atomic mass is 19.3. The van der Waals surface area contributed by atoms with Gasteiger partial charge in [0.2, 0.25) is 0 Å². The number of nitrogens with one attached hydrogen (secondary N) is 1. The number of halogens is 2. The molecule has 0 aromatic heterocycles. The largest absolute Gasteiger partial charge is 0.435 e. The number of anilines is 1. The predicted octanol–water partition coefficient (Wildman–Crippen LogP) is 4.03. The summed E-state index contributed by atoms with van der Waals surface area (Å²) in [5.41, 5.74) is 1.30. The third-order valence-corrected chi connectivity index (χ3v) is 4.57. The molecule has 1 fully saturated rings. The van der Waals surface area contributed by atoms with Gasteiger partial charge in [0.25, 0.3) is 0 Å². The maximum absolute atomic E-state index is 12.4. The summed E-state index contributed by atoms with van der Waals surface area (Å²) in [7, 11) is 0. The highest BCUT2D eigenvalue weighted by molar-refractivity contribution is 5.90. The lowest BCUT2D eigenvalue weighted by Gasteiger charge is -2.18. The maximum atomic E-state index is 12.4. The number of fused-ring (bicyclic) bond motifs is 1. The van der Waals surface area contributed by atoms with E-state index >= 15 is 0 Å². The second-order valence-electron chi connectivity index (χ2n) is 6.15. The Morgan fingerprint density at radius 3 is 2.48 bits per heavy atom. The van der Waals surface area contributed by atoms with E-state index < -0.39 is 6.61 Å². The summed E-state index contributed by atoms with van der Waals surface area (Å²) < 4.78 is 28.8. The van der Waals surface area contributed by atoms with Gasteiger partial charge in [0.1, 0.15) is 5.75 Å². The highest BCUT2D eigenvalue weighted by Gasteiger charge is 2.35. The molecule has 4 nitrogen and oxygen atoms in total. The Hall–Kier alpha value is -2.11. The average molecular weight is 322 g/mol. The van der Waals surface area contributed by atoms with E-state index in [-0.39, 0.29) is 11.8 Å². The number of hydrogen-bond acceptors (Lipinski definition) is 2. The van der Waals surface area contributed by atoms with Gasteiger partial charge < -0.3 is 15.0 Å². The van der Waals surface area contributed by atoms with Crippen molar-refractivity contribution in [3.8, 4) is 5.75 Å². The molecular weight excluding hydrogens is 302 g/mol. The molecular formula is C17H20F2N2O2. The van der Waals surface area contributed by atoms with Crippen LogP contribution in [-0.4, -0.2) is 30.6 Å². The van der Waals surface area contributed by atoms with Crippen molar-refractivity contribution >= 4 is 11.7 Å². The highest BCUT2D eigenvalue weighted by Crippen LogP contribution is 2.33. The molecule has 1 aliphatic carbocycles. The standard InChI is InChI=1S/C17H20F2N2O2/c1-11-8-14(23-16(18)19)6-7-15(11)20-17(22)21-9-12-4-2-3-5-13(12)10-21/h2-3,6-8,12-13,16H,4-5,9-10H2,1H3,(H,20,22)/t12-,13+. The number of nitrogens with zero attached hydrogens (tertiary/aromatic N) is 1. The third kappa shape index (κ3) is 3.63. The number of urea groups is 1. The van der Waals surface area contributed by atoms with Crippen LogP contribution in [0.2, 0.25) is 0 Å². The zero-order chi connectivity index (χ0) is 16.4. The Bertz CT molecular complexity index is 603. The van der Waals surface area contributed by atoms with Gasteiger partial charge >= 0.3 is 12.6 Å². The monoisotopic (exact) mass is 322 g/mol. The van der Waals surface area contributed by atoms with Crippen LogP contribution < -0.4 is 10.1 Å². The molecule has 0 saturated carbocycles. The maximum Gasteiger partial charge on any atom is 0.387 e. The number of amides is 2. The molecule has 2 atom stereocenters. The van der Waals surface area contributed by atoms with E-state index in [2.05, 4.69) is 22.2 Å². The second kappa shape index (κ2) is 6.56. The number of carbonyl (C=O) groups is 1. The average Bonchev–Trinajstić information content (AvgIpc) is 2.93. The fourth-order valence-electron chi connectivity index (χ4n) is 3.33. The van der Waals surface area contributed by atoms with Crippen LogP contribution in [0.3, 0.4) is 0 Å². The summed E-state index contributed by atoms with van der Waals surface area (Å²) in [6.07, 6.45) is 6.45. The van der Waals surface area contributed by atoms with E-state index in [1.807, 2.05) is 4.90 Å². The summed E-state index contributed by atoms with van der Waals surface area (Å²) in [6.45, 7) is 0.442. The fourth-order valence-corrected chi connectivity index (χ4v) is 3.33. The molecule has 1 N–H and O–H groups in total. The Balaban J connectivity index is 1.62. The number of benzene rings is 1. The first-order valence-corrected chi connectivity index (χ1v) is 7.79. The summed E-state index contributed by atoms with van der Waals surface area (Å²) in [6, 6.07) is 4.39. The van der Waals surface area contributed by atoms with Crippen molar-refractivity contribution < 1.29 is 18.3 Å². The van der Waals surface area contributed by atoms with E-state index in [0.29, 0.717) is 23.1 Å². The number of aryl methyl sites for hydroxylation is 1. The van der Waals surface area contributed by atoms with Gasteiger partial charge in [0.15, 0.2) is 0 Å². The van der Waals surface area contributed by atoms with Gasteiger partial charge in [-0.25, -0.2) is 4.79 Å². The van der Waals surface area contributed by atoms with E-state index in [1.165, 1.54) is 12.1 Å². The van der Waals surface area contributed by atoms with Crippen LogP contribution in [0, 0.1) is 18.8 Å². The lowest BCUT2D eigenvalue weighted by molar-refractivity contribution is -0.0498. The van der Waals surface area contributed by atoms with Crippen LogP contribution in [-0.2, 0) is 0 Å². The number of rotatable bonds is 3. The van der Waals surface area contributed by atoms with E-state index in [1.54, 1.807) is 13.0 Å². The molecule has 1 aliphatic heterocycles. The zero-order valence-corrected chi connectivity index (χ0v) is 13.0. The molecule has 0 unspecified atom stereocenters. The lowest BCUT2D eigenvalue weighted by atomic mass is 9.86. The van der Waals surface area contributed by atoms with Gasteiger partial charge in [0.05, 0.1) is 0 Å². The lowest BCUT2D eigenvalue weighted by Crippen LogP contribution is -2.33. The van der Waals surface area contributed by atoms with Crippen LogP contribution in [0.1, 0.15) is 18.4 Å². The van der Waals surface area contributed by atoms with Crippen LogP contribution >= 0.6 is 0 Å².